The van der Waals surface area contributed by atoms with Crippen LogP contribution in [-0.4, -0.2) is 61.1 Å². The number of piperazine rings is 1. The van der Waals surface area contributed by atoms with Crippen LogP contribution in [0.5, 0.6) is 11.5 Å². The number of hydrogen-bond acceptors (Lipinski definition) is 5. The number of carbonyl (C=O) groups excluding carboxylic acids is 1. The first-order valence-corrected chi connectivity index (χ1v) is 10.3. The number of nitrogens with one attached hydrogen (secondary N) is 1. The van der Waals surface area contributed by atoms with Crippen molar-refractivity contribution in [1.29, 1.82) is 0 Å². The summed E-state index contributed by atoms with van der Waals surface area (Å²) in [5, 5.41) is 3.02. The van der Waals surface area contributed by atoms with Crippen LogP contribution < -0.4 is 14.8 Å². The Labute approximate surface area is 172 Å². The molecule has 2 aliphatic heterocycles. The summed E-state index contributed by atoms with van der Waals surface area (Å²) in [6.45, 7) is 9.88. The molecule has 1 amide bonds. The lowest BCUT2D eigenvalue weighted by Crippen LogP contribution is -2.52. The second kappa shape index (κ2) is 8.84. The van der Waals surface area contributed by atoms with Gasteiger partial charge in [-0.05, 0) is 31.5 Å². The van der Waals surface area contributed by atoms with Crippen molar-refractivity contribution in [1.82, 2.24) is 9.80 Å². The number of fused-ring (bicyclic) bond motifs is 1. The first-order valence-electron chi connectivity index (χ1n) is 10.3. The largest absolute Gasteiger partial charge is 0.486 e. The number of hydrogen-bond donors (Lipinski definition) is 1. The molecule has 1 atom stereocenters. The minimum atomic E-state index is -0.177. The minimum Gasteiger partial charge on any atom is -0.486 e. The van der Waals surface area contributed by atoms with E-state index in [1.807, 2.05) is 25.1 Å². The van der Waals surface area contributed by atoms with E-state index < -0.39 is 0 Å². The summed E-state index contributed by atoms with van der Waals surface area (Å²) in [6, 6.07) is 14.0. The van der Waals surface area contributed by atoms with Gasteiger partial charge in [-0.2, -0.15) is 0 Å². The van der Waals surface area contributed by atoms with Crippen molar-refractivity contribution in [2.45, 2.75) is 26.4 Å². The molecule has 29 heavy (non-hydrogen) atoms. The number of benzene rings is 2. The quantitative estimate of drug-likeness (QED) is 0.844. The van der Waals surface area contributed by atoms with Crippen LogP contribution in [0.3, 0.4) is 0 Å². The van der Waals surface area contributed by atoms with Gasteiger partial charge in [0.1, 0.15) is 13.2 Å². The molecular formula is C23H29N3O3. The Kier molecular flexibility index (Phi) is 6.02. The minimum absolute atomic E-state index is 0.00816. The number of ether oxygens (including phenoxy) is 2. The summed E-state index contributed by atoms with van der Waals surface area (Å²) in [7, 11) is 0. The van der Waals surface area contributed by atoms with Gasteiger partial charge in [-0.25, -0.2) is 0 Å². The number of rotatable bonds is 5. The van der Waals surface area contributed by atoms with Gasteiger partial charge in [0.15, 0.2) is 11.5 Å². The molecule has 0 spiro atoms. The SMILES string of the molecule is Cc1cccc(CN2CCN(C(C)C(=O)Nc3ccc4c(c3)OCCO4)CC2)c1. The Morgan fingerprint density at radius 1 is 1.03 bits per heavy atom. The first-order chi connectivity index (χ1) is 14.1. The summed E-state index contributed by atoms with van der Waals surface area (Å²) >= 11 is 0. The van der Waals surface area contributed by atoms with E-state index in [0.29, 0.717) is 19.0 Å². The maximum atomic E-state index is 12.8. The summed E-state index contributed by atoms with van der Waals surface area (Å²) < 4.78 is 11.1. The Bertz CT molecular complexity index is 862. The van der Waals surface area contributed by atoms with Crippen molar-refractivity contribution >= 4 is 11.6 Å². The molecule has 0 bridgehead atoms. The van der Waals surface area contributed by atoms with Crippen molar-refractivity contribution in [3.05, 3.63) is 53.6 Å². The molecule has 6 nitrogen and oxygen atoms in total. The lowest BCUT2D eigenvalue weighted by atomic mass is 10.1. The van der Waals surface area contributed by atoms with Crippen LogP contribution >= 0.6 is 0 Å². The highest BCUT2D eigenvalue weighted by Crippen LogP contribution is 2.32. The van der Waals surface area contributed by atoms with E-state index in [9.17, 15) is 4.79 Å². The average Bonchev–Trinajstić information content (AvgIpc) is 2.74. The lowest BCUT2D eigenvalue weighted by molar-refractivity contribution is -0.121. The molecule has 2 aromatic rings. The fraction of sp³-hybridized carbons (Fsp3) is 0.435. The average molecular weight is 396 g/mol. The summed E-state index contributed by atoms with van der Waals surface area (Å²) in [5.74, 6) is 1.42. The van der Waals surface area contributed by atoms with Gasteiger partial charge in [-0.1, -0.05) is 29.8 Å². The van der Waals surface area contributed by atoms with Gasteiger partial charge in [-0.3, -0.25) is 14.6 Å². The van der Waals surface area contributed by atoms with Gasteiger partial charge < -0.3 is 14.8 Å². The Morgan fingerprint density at radius 3 is 2.55 bits per heavy atom. The third kappa shape index (κ3) is 4.89. The first kappa shape index (κ1) is 19.7. The van der Waals surface area contributed by atoms with Gasteiger partial charge in [0, 0.05) is 44.5 Å². The molecule has 4 rings (SSSR count). The fourth-order valence-corrected chi connectivity index (χ4v) is 3.91. The van der Waals surface area contributed by atoms with Crippen molar-refractivity contribution in [3.8, 4) is 11.5 Å². The molecule has 6 heteroatoms. The molecule has 1 N–H and O–H groups in total. The van der Waals surface area contributed by atoms with Gasteiger partial charge in [0.05, 0.1) is 6.04 Å². The van der Waals surface area contributed by atoms with Crippen molar-refractivity contribution in [2.75, 3.05) is 44.7 Å². The Balaban J connectivity index is 1.28. The number of anilines is 1. The van der Waals surface area contributed by atoms with Crippen LogP contribution in [0, 0.1) is 6.92 Å². The van der Waals surface area contributed by atoms with Crippen LogP contribution in [0.1, 0.15) is 18.1 Å². The molecule has 1 unspecified atom stereocenters. The van der Waals surface area contributed by atoms with E-state index in [1.54, 1.807) is 0 Å². The molecule has 2 aromatic carbocycles. The van der Waals surface area contributed by atoms with Crippen molar-refractivity contribution < 1.29 is 14.3 Å². The number of nitrogens with zero attached hydrogens (tertiary/aromatic N) is 2. The number of carbonyl (C=O) groups is 1. The van der Waals surface area contributed by atoms with Crippen molar-refractivity contribution in [3.63, 3.8) is 0 Å². The fourth-order valence-electron chi connectivity index (χ4n) is 3.91. The molecule has 0 aliphatic carbocycles. The molecule has 1 saturated heterocycles. The second-order valence-electron chi connectivity index (χ2n) is 7.82. The molecule has 1 fully saturated rings. The third-order valence-electron chi connectivity index (χ3n) is 5.63. The maximum absolute atomic E-state index is 12.8. The lowest BCUT2D eigenvalue weighted by Gasteiger charge is -2.37. The van der Waals surface area contributed by atoms with Crippen LogP contribution in [0.25, 0.3) is 0 Å². The molecule has 2 heterocycles. The summed E-state index contributed by atoms with van der Waals surface area (Å²) in [6.07, 6.45) is 0. The van der Waals surface area contributed by atoms with Gasteiger partial charge >= 0.3 is 0 Å². The molecule has 0 radical (unpaired) electrons. The molecule has 0 saturated carbocycles. The number of aryl methyl sites for hydroxylation is 1. The highest BCUT2D eigenvalue weighted by Gasteiger charge is 2.26. The predicted molar refractivity (Wildman–Crippen MR) is 114 cm³/mol. The Morgan fingerprint density at radius 2 is 1.79 bits per heavy atom. The van der Waals surface area contributed by atoms with Gasteiger partial charge in [0.25, 0.3) is 0 Å². The summed E-state index contributed by atoms with van der Waals surface area (Å²) in [5.41, 5.74) is 3.39. The van der Waals surface area contributed by atoms with Crippen LogP contribution in [0.4, 0.5) is 5.69 Å². The predicted octanol–water partition coefficient (Wildman–Crippen LogP) is 2.91. The van der Waals surface area contributed by atoms with E-state index in [1.165, 1.54) is 11.1 Å². The zero-order chi connectivity index (χ0) is 20.2. The van der Waals surface area contributed by atoms with E-state index in [4.69, 9.17) is 9.47 Å². The van der Waals surface area contributed by atoms with Crippen LogP contribution in [0.2, 0.25) is 0 Å². The highest BCUT2D eigenvalue weighted by molar-refractivity contribution is 5.94. The highest BCUT2D eigenvalue weighted by atomic mass is 16.6. The zero-order valence-corrected chi connectivity index (χ0v) is 17.2. The maximum Gasteiger partial charge on any atom is 0.241 e. The van der Waals surface area contributed by atoms with E-state index in [2.05, 4.69) is 46.3 Å². The monoisotopic (exact) mass is 395 g/mol. The van der Waals surface area contributed by atoms with Gasteiger partial charge in [-0.15, -0.1) is 0 Å². The van der Waals surface area contributed by atoms with E-state index in [0.717, 1.165) is 44.2 Å². The second-order valence-corrected chi connectivity index (χ2v) is 7.82. The molecule has 2 aliphatic rings. The smallest absolute Gasteiger partial charge is 0.241 e. The van der Waals surface area contributed by atoms with Gasteiger partial charge in [0.2, 0.25) is 5.91 Å². The molecule has 0 aromatic heterocycles. The number of amides is 1. The van der Waals surface area contributed by atoms with E-state index >= 15 is 0 Å². The third-order valence-corrected chi connectivity index (χ3v) is 5.63. The topological polar surface area (TPSA) is 54.0 Å². The van der Waals surface area contributed by atoms with Crippen LogP contribution in [-0.2, 0) is 11.3 Å². The summed E-state index contributed by atoms with van der Waals surface area (Å²) in [4.78, 5) is 17.5. The zero-order valence-electron chi connectivity index (χ0n) is 17.2. The molecule has 154 valence electrons. The van der Waals surface area contributed by atoms with Crippen LogP contribution in [0.15, 0.2) is 42.5 Å². The normalized spacial score (nSPS) is 18.3. The van der Waals surface area contributed by atoms with E-state index in [-0.39, 0.29) is 11.9 Å². The van der Waals surface area contributed by atoms with Crippen molar-refractivity contribution in [2.24, 2.45) is 0 Å². The Hall–Kier alpha value is -2.57. The standard InChI is InChI=1S/C23H29N3O3/c1-17-4-3-5-19(14-17)16-25-8-10-26(11-9-25)18(2)23(27)24-20-6-7-21-22(15-20)29-13-12-28-21/h3-7,14-15,18H,8-13,16H2,1-2H3,(H,24,27). The molecular weight excluding hydrogens is 366 g/mol.